The number of halogens is 5. The molecule has 39 heteroatoms. The Labute approximate surface area is 819 Å². The van der Waals surface area contributed by atoms with Gasteiger partial charge < -0.3 is 93.8 Å². The molecule has 0 aliphatic carbocycles. The number of rotatable bonds is 13. The first-order valence-electron chi connectivity index (χ1n) is 43.1. The van der Waals surface area contributed by atoms with Crippen LogP contribution in [0.5, 0.6) is 0 Å². The molecular weight excluding hydrogens is 2050 g/mol. The molecule has 16 rings (SSSR count). The molecule has 712 valence electrons. The lowest BCUT2D eigenvalue weighted by Gasteiger charge is -2.38. The molecule has 7 aliphatic rings. The molecule has 16 heterocycles. The topological polar surface area (TPSA) is 397 Å². The van der Waals surface area contributed by atoms with Crippen molar-refractivity contribution >= 4 is 178 Å². The van der Waals surface area contributed by atoms with E-state index < -0.39 is 21.7 Å². The van der Waals surface area contributed by atoms with E-state index in [1.165, 1.54) is 47.3 Å². The number of hydrogen-bond acceptors (Lipinski definition) is 26. The van der Waals surface area contributed by atoms with Crippen LogP contribution in [0.4, 0.5) is 60.5 Å². The standard InChI is InChI=1S/C21H25BrN4O3.C19H21BrN4O2.C16H17BrN4O.C15H19N3O4.C15H21N3O2.C6H5Br2NO.C3H4O2/c1-21(2,3)29-20(28)26-9-7-14(8-10-26)15-5-6-18(23-12-15)24-17-11-16(22)13-25(4)19(17)27;1-23-10-15(20)8-17(19(23)25)22-18-3-2-14(9-21-18)13-4-6-24(7-5-13)16-11-26-12-16;1-21-10-13(17)8-14(16(21)22)20-15-3-2-12(9-19-15)11-4-6-18-7-5-11;1-15(2,3)22-14(19)17-8-6-11(7-9-17)12-4-5-13(16-10-12)18(20)21;1-15(2,3)20-14(19)18-8-6-11(7-9-18)12-4-5-13(16)17-10-12;1-9-3-4(7)2-5(8)6(9)10;4-3-1-5-2-3/h5-7,11-13H,8-10H2,1-4H3,(H,23,24);2-4,8-10,16H,5-7,11-12H2,1H3,(H,21,22);2-4,8-10,18H,5-7H2,1H3,(H,19,20);4-6,10H,7-9H2,1-3H3;4-6,10H,7-9H2,1-3H3,(H2,16,17);2-3H,1H3;1-2H2. The van der Waals surface area contributed by atoms with Crippen LogP contribution in [0.2, 0.25) is 0 Å². The number of nitrogens with two attached hydrogens (primary N) is 1. The zero-order valence-electron chi connectivity index (χ0n) is 77.0. The van der Waals surface area contributed by atoms with E-state index in [1.54, 1.807) is 116 Å². The maximum atomic E-state index is 12.2. The average molecular weight is 2160 g/mol. The summed E-state index contributed by atoms with van der Waals surface area (Å²) in [4.78, 5) is 132. The lowest BCUT2D eigenvalue weighted by atomic mass is 10.00. The zero-order valence-corrected chi connectivity index (χ0v) is 85.0. The number of ether oxygens (including phenoxy) is 5. The molecule has 2 saturated heterocycles. The summed E-state index contributed by atoms with van der Waals surface area (Å²) in [6, 6.07) is 26.1. The summed E-state index contributed by atoms with van der Waals surface area (Å²) < 4.78 is 35.9. The molecule has 34 nitrogen and oxygen atoms in total. The van der Waals surface area contributed by atoms with E-state index in [4.69, 9.17) is 24.7 Å². The van der Waals surface area contributed by atoms with E-state index in [-0.39, 0.29) is 52.1 Å². The average Bonchev–Trinajstić information content (AvgIpc) is 0.435. The third-order valence-electron chi connectivity index (χ3n) is 20.8. The molecule has 2 fully saturated rings. The first-order valence-corrected chi connectivity index (χ1v) is 47.1. The number of hydrogen-bond donors (Lipinski definition) is 5. The van der Waals surface area contributed by atoms with Crippen molar-refractivity contribution in [3.63, 3.8) is 0 Å². The van der Waals surface area contributed by atoms with E-state index in [2.05, 4.69) is 154 Å². The van der Waals surface area contributed by atoms with Gasteiger partial charge in [-0.05, 0) is 320 Å². The van der Waals surface area contributed by atoms with Crippen molar-refractivity contribution in [1.29, 1.82) is 0 Å². The summed E-state index contributed by atoms with van der Waals surface area (Å²) in [7, 11) is 6.85. The third kappa shape index (κ3) is 32.7. The van der Waals surface area contributed by atoms with Gasteiger partial charge in [0.25, 0.3) is 22.2 Å². The Kier molecular flexibility index (Phi) is 38.0. The molecule has 9 aromatic rings. The highest BCUT2D eigenvalue weighted by Crippen LogP contribution is 2.32. The van der Waals surface area contributed by atoms with E-state index in [0.717, 1.165) is 122 Å². The van der Waals surface area contributed by atoms with E-state index >= 15 is 0 Å². The predicted octanol–water partition coefficient (Wildman–Crippen LogP) is 16.9. The van der Waals surface area contributed by atoms with Gasteiger partial charge in [0.1, 0.15) is 76.5 Å². The number of amides is 3. The Morgan fingerprint density at radius 1 is 0.448 bits per heavy atom. The van der Waals surface area contributed by atoms with Crippen molar-refractivity contribution < 1.29 is 47.8 Å². The van der Waals surface area contributed by atoms with Gasteiger partial charge in [-0.1, -0.05) is 30.4 Å². The number of nitrogens with zero attached hydrogens (tertiary/aromatic N) is 14. The van der Waals surface area contributed by atoms with Gasteiger partial charge in [0, 0.05) is 166 Å². The number of nitro groups is 1. The predicted molar refractivity (Wildman–Crippen MR) is 539 cm³/mol. The molecule has 9 aromatic heterocycles. The Hall–Kier alpha value is -11.4. The van der Waals surface area contributed by atoms with Crippen LogP contribution in [0.15, 0.2) is 213 Å². The molecule has 0 atom stereocenters. The molecule has 0 radical (unpaired) electrons. The maximum Gasteiger partial charge on any atom is 0.410 e. The van der Waals surface area contributed by atoms with Crippen LogP contribution in [0.25, 0.3) is 27.9 Å². The van der Waals surface area contributed by atoms with Crippen molar-refractivity contribution in [3.8, 4) is 0 Å². The molecule has 134 heavy (non-hydrogen) atoms. The number of nitrogen functional groups attached to an aromatic ring is 1. The van der Waals surface area contributed by atoms with E-state index in [1.807, 2.05) is 129 Å². The highest BCUT2D eigenvalue weighted by Gasteiger charge is 2.30. The fraction of sp³-hybridized carbons (Fsp3) is 0.379. The van der Waals surface area contributed by atoms with Crippen molar-refractivity contribution in [2.24, 2.45) is 28.2 Å². The van der Waals surface area contributed by atoms with Crippen molar-refractivity contribution in [3.05, 3.63) is 273 Å². The maximum absolute atomic E-state index is 12.2. The van der Waals surface area contributed by atoms with Crippen molar-refractivity contribution in [2.75, 3.05) is 114 Å². The molecule has 6 N–H and O–H groups in total. The summed E-state index contributed by atoms with van der Waals surface area (Å²) in [5.74, 6) is 2.47. The number of ketones is 1. The second-order valence-electron chi connectivity index (χ2n) is 34.8. The van der Waals surface area contributed by atoms with Crippen molar-refractivity contribution in [2.45, 2.75) is 117 Å². The lowest BCUT2D eigenvalue weighted by molar-refractivity contribution is -0.389. The molecule has 7 aliphatic heterocycles. The third-order valence-corrected chi connectivity index (χ3v) is 23.1. The van der Waals surface area contributed by atoms with Gasteiger partial charge in [-0.15, -0.1) is 0 Å². The van der Waals surface area contributed by atoms with Crippen LogP contribution >= 0.6 is 79.6 Å². The fourth-order valence-electron chi connectivity index (χ4n) is 13.6. The van der Waals surface area contributed by atoms with Crippen LogP contribution < -0.4 is 49.2 Å². The number of Topliss-reactive ketones (excluding diaryl/α,β-unsaturated/α-hetero) is 1. The van der Waals surface area contributed by atoms with Gasteiger partial charge in [0.05, 0.1) is 23.7 Å². The normalized spacial score (nSPS) is 15.5. The van der Waals surface area contributed by atoms with E-state index in [9.17, 15) is 48.5 Å². The second-order valence-corrected chi connectivity index (χ2v) is 39.3. The van der Waals surface area contributed by atoms with Gasteiger partial charge in [-0.25, -0.2) is 34.3 Å². The number of carbonyl (C=O) groups is 4. The van der Waals surface area contributed by atoms with Crippen LogP contribution in [0.3, 0.4) is 0 Å². The largest absolute Gasteiger partial charge is 0.444 e. The number of aryl methyl sites for hydroxylation is 4. The molecule has 0 spiro atoms. The summed E-state index contributed by atoms with van der Waals surface area (Å²) >= 11 is 16.6. The van der Waals surface area contributed by atoms with Gasteiger partial charge in [-0.2, -0.15) is 0 Å². The van der Waals surface area contributed by atoms with E-state index in [0.29, 0.717) is 110 Å². The number of aromatic nitrogens is 9. The smallest absolute Gasteiger partial charge is 0.410 e. The number of carbonyl (C=O) groups excluding carboxylic acids is 4. The zero-order chi connectivity index (χ0) is 97.3. The first-order chi connectivity index (χ1) is 63.5. The van der Waals surface area contributed by atoms with Gasteiger partial charge >= 0.3 is 24.1 Å². The lowest BCUT2D eigenvalue weighted by Crippen LogP contribution is -2.50. The van der Waals surface area contributed by atoms with Gasteiger partial charge in [-0.3, -0.25) is 28.9 Å². The Morgan fingerprint density at radius 3 is 1.04 bits per heavy atom. The summed E-state index contributed by atoms with van der Waals surface area (Å²) in [6.45, 7) is 26.4. The van der Waals surface area contributed by atoms with Crippen LogP contribution in [0, 0.1) is 10.1 Å². The summed E-state index contributed by atoms with van der Waals surface area (Å²) in [6.07, 6.45) is 29.5. The summed E-state index contributed by atoms with van der Waals surface area (Å²) in [5, 5.41) is 23.1. The van der Waals surface area contributed by atoms with Gasteiger partial charge in [0.15, 0.2) is 5.78 Å². The Morgan fingerprint density at radius 2 is 0.784 bits per heavy atom. The fourth-order valence-corrected chi connectivity index (χ4v) is 16.6. The first kappa shape index (κ1) is 105. The molecular formula is C95H112Br5N19O15. The minimum Gasteiger partial charge on any atom is -0.444 e. The number of pyridine rings is 9. The Bertz CT molecular complexity index is 6030. The highest BCUT2D eigenvalue weighted by atomic mass is 79.9. The molecule has 0 aromatic carbocycles. The Balaban J connectivity index is 0.000000167. The number of anilines is 7. The monoisotopic (exact) mass is 2150 g/mol. The minimum atomic E-state index is -0.525. The molecule has 0 unspecified atom stereocenters. The van der Waals surface area contributed by atoms with Gasteiger partial charge in [0.2, 0.25) is 0 Å². The molecule has 0 saturated carbocycles. The van der Waals surface area contributed by atoms with Crippen LogP contribution in [-0.2, 0) is 56.7 Å². The van der Waals surface area contributed by atoms with Crippen LogP contribution in [-0.4, -0.2) is 206 Å². The SMILES string of the molecule is CC(C)(C)OC(=O)N1CC=C(c2ccc(N)nc2)CC1.CC(C)(C)OC(=O)N1CC=C(c2ccc([N+](=O)[O-])nc2)CC1.Cn1cc(Br)cc(Br)c1=O.Cn1cc(Br)cc(Nc2ccc(C3=CCN(C(=O)OC(C)(C)C)CC3)cn2)c1=O.Cn1cc(Br)cc(Nc2ccc(C3=CCN(C4COC4)CC3)cn2)c1=O.Cn1cc(Br)cc(Nc2ccc(C3=CCNCC3)cn2)c1=O.O=C1COC1. The van der Waals surface area contributed by atoms with Crippen molar-refractivity contribution in [1.82, 2.24) is 68.1 Å². The molecule has 0 bridgehead atoms. The second kappa shape index (κ2) is 48.7. The summed E-state index contributed by atoms with van der Waals surface area (Å²) in [5.41, 5.74) is 16.4. The minimum absolute atomic E-state index is 0.0248. The quantitative estimate of drug-likeness (QED) is 0.0406. The van der Waals surface area contributed by atoms with Crippen LogP contribution in [0.1, 0.15) is 122 Å². The highest BCUT2D eigenvalue weighted by molar-refractivity contribution is 9.11. The number of nitrogens with one attached hydrogen (secondary N) is 4. The molecule has 3 amide bonds.